The predicted octanol–water partition coefficient (Wildman–Crippen LogP) is 3.83. The second-order valence-corrected chi connectivity index (χ2v) is 8.49. The maximum absolute atomic E-state index is 12.8. The normalized spacial score (nSPS) is 15.2. The molecule has 1 heterocycles. The van der Waals surface area contributed by atoms with Crippen LogP contribution in [0.2, 0.25) is 0 Å². The monoisotopic (exact) mass is 396 g/mol. The number of hydrogen-bond acceptors (Lipinski definition) is 4. The molecule has 1 saturated heterocycles. The SMILES string of the molecule is COc1ccc(OCCN2CCN(C(=O)c3ccc(C(C)(C)C)cc3)CC2)cc1. The van der Waals surface area contributed by atoms with Gasteiger partial charge < -0.3 is 14.4 Å². The molecule has 5 heteroatoms. The Morgan fingerprint density at radius 2 is 1.48 bits per heavy atom. The zero-order valence-electron chi connectivity index (χ0n) is 18.0. The Bertz CT molecular complexity index is 786. The molecular formula is C24H32N2O3. The fourth-order valence-electron chi connectivity index (χ4n) is 3.43. The molecular weight excluding hydrogens is 364 g/mol. The Hall–Kier alpha value is -2.53. The summed E-state index contributed by atoms with van der Waals surface area (Å²) in [5, 5.41) is 0. The van der Waals surface area contributed by atoms with E-state index in [1.807, 2.05) is 41.3 Å². The van der Waals surface area contributed by atoms with E-state index in [-0.39, 0.29) is 11.3 Å². The molecule has 3 rings (SSSR count). The molecule has 0 atom stereocenters. The fraction of sp³-hybridized carbons (Fsp3) is 0.458. The van der Waals surface area contributed by atoms with E-state index in [1.165, 1.54) is 5.56 Å². The van der Waals surface area contributed by atoms with Crippen LogP contribution in [0.1, 0.15) is 36.7 Å². The molecule has 5 nitrogen and oxygen atoms in total. The minimum absolute atomic E-state index is 0.0983. The van der Waals surface area contributed by atoms with Gasteiger partial charge in [0.2, 0.25) is 0 Å². The van der Waals surface area contributed by atoms with Crippen LogP contribution < -0.4 is 9.47 Å². The molecule has 0 unspecified atom stereocenters. The maximum atomic E-state index is 12.8. The molecule has 2 aromatic rings. The number of piperazine rings is 1. The van der Waals surface area contributed by atoms with E-state index in [4.69, 9.17) is 9.47 Å². The van der Waals surface area contributed by atoms with Crippen molar-refractivity contribution in [1.82, 2.24) is 9.80 Å². The van der Waals surface area contributed by atoms with Crippen LogP contribution in [-0.2, 0) is 5.41 Å². The van der Waals surface area contributed by atoms with Gasteiger partial charge in [-0.3, -0.25) is 9.69 Å². The summed E-state index contributed by atoms with van der Waals surface area (Å²) in [6, 6.07) is 15.7. The Balaban J connectivity index is 1.43. The van der Waals surface area contributed by atoms with Gasteiger partial charge in [-0.25, -0.2) is 0 Å². The highest BCUT2D eigenvalue weighted by Crippen LogP contribution is 2.23. The van der Waals surface area contributed by atoms with E-state index >= 15 is 0 Å². The predicted molar refractivity (Wildman–Crippen MR) is 116 cm³/mol. The highest BCUT2D eigenvalue weighted by atomic mass is 16.5. The molecule has 0 N–H and O–H groups in total. The summed E-state index contributed by atoms with van der Waals surface area (Å²) in [6.07, 6.45) is 0. The van der Waals surface area contributed by atoms with Crippen molar-refractivity contribution < 1.29 is 14.3 Å². The lowest BCUT2D eigenvalue weighted by molar-refractivity contribution is 0.0620. The number of nitrogens with zero attached hydrogens (tertiary/aromatic N) is 2. The molecule has 0 spiro atoms. The number of ether oxygens (including phenoxy) is 2. The van der Waals surface area contributed by atoms with Crippen molar-refractivity contribution in [3.8, 4) is 11.5 Å². The van der Waals surface area contributed by atoms with Gasteiger partial charge in [0.05, 0.1) is 7.11 Å². The number of carbonyl (C=O) groups excluding carboxylic acids is 1. The van der Waals surface area contributed by atoms with Crippen molar-refractivity contribution >= 4 is 5.91 Å². The number of benzene rings is 2. The molecule has 1 amide bonds. The lowest BCUT2D eigenvalue weighted by Gasteiger charge is -2.34. The van der Waals surface area contributed by atoms with Crippen LogP contribution in [-0.4, -0.2) is 62.1 Å². The van der Waals surface area contributed by atoms with Crippen molar-refractivity contribution in [2.45, 2.75) is 26.2 Å². The zero-order chi connectivity index (χ0) is 20.9. The Morgan fingerprint density at radius 3 is 2.03 bits per heavy atom. The van der Waals surface area contributed by atoms with E-state index in [1.54, 1.807) is 7.11 Å². The summed E-state index contributed by atoms with van der Waals surface area (Å²) < 4.78 is 11.0. The number of carbonyl (C=O) groups is 1. The van der Waals surface area contributed by atoms with E-state index in [2.05, 4.69) is 37.8 Å². The second-order valence-electron chi connectivity index (χ2n) is 8.49. The smallest absolute Gasteiger partial charge is 0.253 e. The summed E-state index contributed by atoms with van der Waals surface area (Å²) in [7, 11) is 1.65. The van der Waals surface area contributed by atoms with Gasteiger partial charge in [-0.1, -0.05) is 32.9 Å². The Morgan fingerprint density at radius 1 is 0.897 bits per heavy atom. The van der Waals surface area contributed by atoms with Gasteiger partial charge in [-0.15, -0.1) is 0 Å². The largest absolute Gasteiger partial charge is 0.497 e. The van der Waals surface area contributed by atoms with Crippen LogP contribution in [0.15, 0.2) is 48.5 Å². The minimum atomic E-state index is 0.0983. The molecule has 1 aliphatic rings. The molecule has 2 aromatic carbocycles. The standard InChI is InChI=1S/C24H32N2O3/c1-24(2,3)20-7-5-19(6-8-20)23(27)26-15-13-25(14-16-26)17-18-29-22-11-9-21(28-4)10-12-22/h5-12H,13-18H2,1-4H3. The van der Waals surface area contributed by atoms with Crippen molar-refractivity contribution in [2.75, 3.05) is 46.4 Å². The maximum Gasteiger partial charge on any atom is 0.253 e. The van der Waals surface area contributed by atoms with E-state index in [0.717, 1.165) is 49.8 Å². The number of amides is 1. The number of methoxy groups -OCH3 is 1. The van der Waals surface area contributed by atoms with Gasteiger partial charge in [-0.2, -0.15) is 0 Å². The van der Waals surface area contributed by atoms with E-state index in [0.29, 0.717) is 6.61 Å². The zero-order valence-corrected chi connectivity index (χ0v) is 18.0. The molecule has 156 valence electrons. The topological polar surface area (TPSA) is 42.0 Å². The number of rotatable bonds is 6. The van der Waals surface area contributed by atoms with Crippen LogP contribution in [0.3, 0.4) is 0 Å². The van der Waals surface area contributed by atoms with Gasteiger partial charge in [-0.05, 0) is 47.4 Å². The highest BCUT2D eigenvalue weighted by Gasteiger charge is 2.22. The number of hydrogen-bond donors (Lipinski definition) is 0. The van der Waals surface area contributed by atoms with E-state index < -0.39 is 0 Å². The molecule has 0 aromatic heterocycles. The van der Waals surface area contributed by atoms with Gasteiger partial charge in [0.15, 0.2) is 0 Å². The highest BCUT2D eigenvalue weighted by molar-refractivity contribution is 5.94. The first-order valence-electron chi connectivity index (χ1n) is 10.3. The average Bonchev–Trinajstić information content (AvgIpc) is 2.74. The van der Waals surface area contributed by atoms with Crippen molar-refractivity contribution in [3.05, 3.63) is 59.7 Å². The lowest BCUT2D eigenvalue weighted by Crippen LogP contribution is -2.49. The molecule has 1 fully saturated rings. The third kappa shape index (κ3) is 5.73. The minimum Gasteiger partial charge on any atom is -0.497 e. The molecule has 0 saturated carbocycles. The Kier molecular flexibility index (Phi) is 6.80. The third-order valence-electron chi connectivity index (χ3n) is 5.39. The fourth-order valence-corrected chi connectivity index (χ4v) is 3.43. The molecule has 0 radical (unpaired) electrons. The molecule has 0 bridgehead atoms. The summed E-state index contributed by atoms with van der Waals surface area (Å²) >= 11 is 0. The first-order chi connectivity index (χ1) is 13.9. The average molecular weight is 397 g/mol. The Labute approximate surface area is 174 Å². The van der Waals surface area contributed by atoms with Gasteiger partial charge in [0, 0.05) is 38.3 Å². The first-order valence-corrected chi connectivity index (χ1v) is 10.3. The summed E-state index contributed by atoms with van der Waals surface area (Å²) in [6.45, 7) is 11.3. The van der Waals surface area contributed by atoms with Crippen LogP contribution in [0.5, 0.6) is 11.5 Å². The van der Waals surface area contributed by atoms with Crippen LogP contribution in [0, 0.1) is 0 Å². The van der Waals surface area contributed by atoms with Crippen LogP contribution in [0.4, 0.5) is 0 Å². The van der Waals surface area contributed by atoms with E-state index in [9.17, 15) is 4.79 Å². The quantitative estimate of drug-likeness (QED) is 0.744. The second kappa shape index (κ2) is 9.31. The molecule has 0 aliphatic carbocycles. The van der Waals surface area contributed by atoms with Gasteiger partial charge in [0.25, 0.3) is 5.91 Å². The van der Waals surface area contributed by atoms with Crippen molar-refractivity contribution in [2.24, 2.45) is 0 Å². The van der Waals surface area contributed by atoms with Crippen LogP contribution in [0.25, 0.3) is 0 Å². The van der Waals surface area contributed by atoms with Gasteiger partial charge >= 0.3 is 0 Å². The lowest BCUT2D eigenvalue weighted by atomic mass is 9.86. The van der Waals surface area contributed by atoms with Crippen LogP contribution >= 0.6 is 0 Å². The third-order valence-corrected chi connectivity index (χ3v) is 5.39. The first kappa shape index (κ1) is 21.2. The summed E-state index contributed by atoms with van der Waals surface area (Å²) in [5.74, 6) is 1.80. The molecule has 1 aliphatic heterocycles. The van der Waals surface area contributed by atoms with Crippen molar-refractivity contribution in [1.29, 1.82) is 0 Å². The summed E-state index contributed by atoms with van der Waals surface area (Å²) in [5.41, 5.74) is 2.12. The molecule has 29 heavy (non-hydrogen) atoms. The van der Waals surface area contributed by atoms with Gasteiger partial charge in [0.1, 0.15) is 18.1 Å². The van der Waals surface area contributed by atoms with Crippen molar-refractivity contribution in [3.63, 3.8) is 0 Å². The summed E-state index contributed by atoms with van der Waals surface area (Å²) in [4.78, 5) is 17.1.